The van der Waals surface area contributed by atoms with E-state index in [1.807, 2.05) is 37.3 Å². The van der Waals surface area contributed by atoms with Crippen LogP contribution < -0.4 is 21.9 Å². The van der Waals surface area contributed by atoms with E-state index in [1.54, 1.807) is 0 Å². The minimum absolute atomic E-state index is 0.0604. The first kappa shape index (κ1) is 13.0. The number of hydrogen-bond donors (Lipinski definition) is 4. The highest BCUT2D eigenvalue weighted by molar-refractivity contribution is 5.83. The summed E-state index contributed by atoms with van der Waals surface area (Å²) in [4.78, 5) is 12.0. The van der Waals surface area contributed by atoms with E-state index >= 15 is 0 Å². The van der Waals surface area contributed by atoms with Gasteiger partial charge in [0, 0.05) is 18.6 Å². The number of nitrogens with one attached hydrogen (secondary N) is 3. The Morgan fingerprint density at radius 2 is 2.06 bits per heavy atom. The van der Waals surface area contributed by atoms with E-state index in [2.05, 4.69) is 16.2 Å². The molecule has 5 nitrogen and oxygen atoms in total. The van der Waals surface area contributed by atoms with E-state index in [1.165, 1.54) is 0 Å². The van der Waals surface area contributed by atoms with Gasteiger partial charge < -0.3 is 11.1 Å². The van der Waals surface area contributed by atoms with Gasteiger partial charge in [-0.15, -0.1) is 0 Å². The molecule has 98 valence electrons. The fraction of sp³-hybridized carbons (Fsp3) is 0.462. The molecule has 3 unspecified atom stereocenters. The van der Waals surface area contributed by atoms with Crippen LogP contribution in [0.5, 0.6) is 0 Å². The molecule has 3 atom stereocenters. The Bertz CT molecular complexity index is 395. The minimum atomic E-state index is -0.362. The summed E-state index contributed by atoms with van der Waals surface area (Å²) in [5.41, 5.74) is 13.1. The lowest BCUT2D eigenvalue weighted by Gasteiger charge is -2.17. The predicted molar refractivity (Wildman–Crippen MR) is 70.4 cm³/mol. The maximum Gasteiger partial charge on any atom is 0.240 e. The Balaban J connectivity index is 1.86. The molecule has 5 heteroatoms. The molecule has 1 fully saturated rings. The van der Waals surface area contributed by atoms with E-state index in [0.717, 1.165) is 12.0 Å². The van der Waals surface area contributed by atoms with E-state index in [-0.39, 0.29) is 24.0 Å². The van der Waals surface area contributed by atoms with Crippen LogP contribution in [0.4, 0.5) is 0 Å². The number of rotatable bonds is 4. The van der Waals surface area contributed by atoms with Crippen LogP contribution in [0.1, 0.15) is 18.9 Å². The molecule has 1 aliphatic heterocycles. The third-order valence-corrected chi connectivity index (χ3v) is 3.31. The van der Waals surface area contributed by atoms with Gasteiger partial charge >= 0.3 is 0 Å². The first-order chi connectivity index (χ1) is 8.72. The molecule has 1 aliphatic rings. The molecule has 1 amide bonds. The van der Waals surface area contributed by atoms with Gasteiger partial charge in [0.25, 0.3) is 0 Å². The number of carbonyl (C=O) groups excluding carboxylic acids is 1. The normalized spacial score (nSPS) is 27.1. The molecular weight excluding hydrogens is 228 g/mol. The molecule has 5 N–H and O–H groups in total. The maximum atomic E-state index is 12.0. The molecule has 0 radical (unpaired) electrons. The van der Waals surface area contributed by atoms with Gasteiger partial charge in [-0.25, -0.2) is 5.43 Å². The van der Waals surface area contributed by atoms with Crippen LogP contribution in [-0.2, 0) is 11.3 Å². The largest absolute Gasteiger partial charge is 0.351 e. The second-order valence-electron chi connectivity index (χ2n) is 4.56. The molecule has 1 heterocycles. The lowest BCUT2D eigenvalue weighted by molar-refractivity contribution is -0.123. The first-order valence-electron chi connectivity index (χ1n) is 6.30. The lowest BCUT2D eigenvalue weighted by Crippen LogP contribution is -2.50. The zero-order valence-corrected chi connectivity index (χ0v) is 10.5. The topological polar surface area (TPSA) is 79.2 Å². The van der Waals surface area contributed by atoms with Crippen LogP contribution in [0.25, 0.3) is 0 Å². The van der Waals surface area contributed by atoms with Crippen LogP contribution in [0.15, 0.2) is 30.3 Å². The zero-order chi connectivity index (χ0) is 13.0. The Morgan fingerprint density at radius 1 is 1.33 bits per heavy atom. The quantitative estimate of drug-likeness (QED) is 0.599. The van der Waals surface area contributed by atoms with Crippen molar-refractivity contribution in [3.05, 3.63) is 35.9 Å². The summed E-state index contributed by atoms with van der Waals surface area (Å²) in [6.45, 7) is 2.57. The minimum Gasteiger partial charge on any atom is -0.351 e. The summed E-state index contributed by atoms with van der Waals surface area (Å²) < 4.78 is 0. The van der Waals surface area contributed by atoms with Gasteiger partial charge in [-0.3, -0.25) is 10.2 Å². The standard InChI is InChI=1S/C13H20N4O/c1-2-10-11(14)12(17-16-10)13(18)15-8-9-6-4-3-5-7-9/h3-7,10-12,16-17H,2,8,14H2,1H3,(H,15,18). The van der Waals surface area contributed by atoms with Crippen molar-refractivity contribution in [3.8, 4) is 0 Å². The van der Waals surface area contributed by atoms with Gasteiger partial charge in [0.2, 0.25) is 5.91 Å². The van der Waals surface area contributed by atoms with Crippen LogP contribution >= 0.6 is 0 Å². The Kier molecular flexibility index (Phi) is 4.30. The summed E-state index contributed by atoms with van der Waals surface area (Å²) in [7, 11) is 0. The summed E-state index contributed by atoms with van der Waals surface area (Å²) in [6.07, 6.45) is 0.899. The molecule has 0 aliphatic carbocycles. The summed E-state index contributed by atoms with van der Waals surface area (Å²) in [6, 6.07) is 9.42. The highest BCUT2D eigenvalue weighted by Gasteiger charge is 2.36. The molecule has 18 heavy (non-hydrogen) atoms. The van der Waals surface area contributed by atoms with Crippen LogP contribution in [0.2, 0.25) is 0 Å². The molecule has 0 spiro atoms. The number of amides is 1. The van der Waals surface area contributed by atoms with Crippen molar-refractivity contribution in [2.45, 2.75) is 38.0 Å². The highest BCUT2D eigenvalue weighted by Crippen LogP contribution is 2.07. The van der Waals surface area contributed by atoms with Gasteiger partial charge in [0.05, 0.1) is 0 Å². The molecule has 0 aromatic heterocycles. The van der Waals surface area contributed by atoms with Crippen molar-refractivity contribution >= 4 is 5.91 Å². The number of benzene rings is 1. The number of hydrazine groups is 1. The van der Waals surface area contributed by atoms with E-state index in [0.29, 0.717) is 6.54 Å². The fourth-order valence-corrected chi connectivity index (χ4v) is 2.13. The summed E-state index contributed by atoms with van der Waals surface area (Å²) >= 11 is 0. The van der Waals surface area contributed by atoms with Crippen molar-refractivity contribution in [1.82, 2.24) is 16.2 Å². The van der Waals surface area contributed by atoms with Crippen molar-refractivity contribution in [2.24, 2.45) is 5.73 Å². The Labute approximate surface area is 107 Å². The number of nitrogens with two attached hydrogens (primary N) is 1. The lowest BCUT2D eigenvalue weighted by atomic mass is 10.0. The third kappa shape index (κ3) is 2.87. The van der Waals surface area contributed by atoms with Gasteiger partial charge in [-0.05, 0) is 12.0 Å². The molecular formula is C13H20N4O. The van der Waals surface area contributed by atoms with Crippen LogP contribution in [0.3, 0.4) is 0 Å². The van der Waals surface area contributed by atoms with Crippen molar-refractivity contribution in [1.29, 1.82) is 0 Å². The molecule has 1 aromatic rings. The highest BCUT2D eigenvalue weighted by atomic mass is 16.2. The van der Waals surface area contributed by atoms with E-state index < -0.39 is 0 Å². The fourth-order valence-electron chi connectivity index (χ4n) is 2.13. The maximum absolute atomic E-state index is 12.0. The molecule has 0 saturated carbocycles. The Hall–Kier alpha value is -1.43. The predicted octanol–water partition coefficient (Wildman–Crippen LogP) is -0.115. The summed E-state index contributed by atoms with van der Waals surface area (Å²) in [5.74, 6) is -0.0604. The van der Waals surface area contributed by atoms with Crippen LogP contribution in [-0.4, -0.2) is 24.0 Å². The van der Waals surface area contributed by atoms with Gasteiger partial charge in [0.15, 0.2) is 0 Å². The SMILES string of the molecule is CCC1NNC(C(=O)NCc2ccccc2)C1N. The van der Waals surface area contributed by atoms with Gasteiger partial charge in [-0.2, -0.15) is 0 Å². The van der Waals surface area contributed by atoms with E-state index in [4.69, 9.17) is 5.73 Å². The van der Waals surface area contributed by atoms with Crippen molar-refractivity contribution in [2.75, 3.05) is 0 Å². The smallest absolute Gasteiger partial charge is 0.240 e. The monoisotopic (exact) mass is 248 g/mol. The number of hydrogen-bond acceptors (Lipinski definition) is 4. The van der Waals surface area contributed by atoms with Gasteiger partial charge in [0.1, 0.15) is 6.04 Å². The second kappa shape index (κ2) is 5.95. The Morgan fingerprint density at radius 3 is 2.67 bits per heavy atom. The van der Waals surface area contributed by atoms with E-state index in [9.17, 15) is 4.79 Å². The second-order valence-corrected chi connectivity index (χ2v) is 4.56. The zero-order valence-electron chi connectivity index (χ0n) is 10.5. The molecule has 1 aromatic carbocycles. The third-order valence-electron chi connectivity index (χ3n) is 3.31. The number of carbonyl (C=O) groups is 1. The van der Waals surface area contributed by atoms with Crippen molar-refractivity contribution in [3.63, 3.8) is 0 Å². The average molecular weight is 248 g/mol. The molecule has 0 bridgehead atoms. The first-order valence-corrected chi connectivity index (χ1v) is 6.30. The average Bonchev–Trinajstić information content (AvgIpc) is 2.78. The summed E-state index contributed by atoms with van der Waals surface area (Å²) in [5, 5.41) is 2.89. The molecule has 2 rings (SSSR count). The van der Waals surface area contributed by atoms with Crippen molar-refractivity contribution < 1.29 is 4.79 Å². The molecule has 1 saturated heterocycles. The van der Waals surface area contributed by atoms with Gasteiger partial charge in [-0.1, -0.05) is 37.3 Å². The van der Waals surface area contributed by atoms with Crippen LogP contribution in [0, 0.1) is 0 Å².